The van der Waals surface area contributed by atoms with Crippen molar-refractivity contribution in [2.45, 2.75) is 40.0 Å². The summed E-state index contributed by atoms with van der Waals surface area (Å²) >= 11 is 2.08. The molecule has 0 aliphatic rings. The first-order chi connectivity index (χ1) is 7.77. The van der Waals surface area contributed by atoms with E-state index in [0.29, 0.717) is 4.43 Å². The van der Waals surface area contributed by atoms with Gasteiger partial charge in [-0.1, -0.05) is 55.5 Å². The molecule has 0 atom stereocenters. The molecule has 0 radical (unpaired) electrons. The summed E-state index contributed by atoms with van der Waals surface area (Å²) in [6.07, 6.45) is 0. The Labute approximate surface area is 117 Å². The lowest BCUT2D eigenvalue weighted by Gasteiger charge is -2.25. The zero-order chi connectivity index (χ0) is 13.2. The van der Waals surface area contributed by atoms with E-state index in [4.69, 9.17) is 0 Å². The van der Waals surface area contributed by atoms with E-state index in [9.17, 15) is 4.79 Å². The van der Waals surface area contributed by atoms with Crippen LogP contribution in [0.5, 0.6) is 0 Å². The number of halogens is 1. The summed E-state index contributed by atoms with van der Waals surface area (Å²) in [4.78, 5) is 11.6. The van der Waals surface area contributed by atoms with Crippen molar-refractivity contribution in [1.29, 1.82) is 0 Å². The fourth-order valence-corrected chi connectivity index (χ4v) is 1.97. The topological polar surface area (TPSA) is 29.1 Å². The molecule has 0 aromatic heterocycles. The lowest BCUT2D eigenvalue weighted by molar-refractivity contribution is -0.113. The second-order valence-corrected chi connectivity index (χ2v) is 6.12. The van der Waals surface area contributed by atoms with Crippen LogP contribution in [0.1, 0.15) is 37.5 Å². The minimum Gasteiger partial charge on any atom is -0.325 e. The van der Waals surface area contributed by atoms with E-state index < -0.39 is 0 Å². The third kappa shape index (κ3) is 3.44. The molecule has 0 fully saturated rings. The Bertz CT molecular complexity index is 433. The Morgan fingerprint density at radius 1 is 1.29 bits per heavy atom. The van der Waals surface area contributed by atoms with Gasteiger partial charge in [0.25, 0.3) is 0 Å². The smallest absolute Gasteiger partial charge is 0.234 e. The highest BCUT2D eigenvalue weighted by molar-refractivity contribution is 14.1. The summed E-state index contributed by atoms with van der Waals surface area (Å²) in [6.45, 7) is 10.6. The van der Waals surface area contributed by atoms with Gasteiger partial charge >= 0.3 is 0 Å². The molecule has 0 spiro atoms. The van der Waals surface area contributed by atoms with E-state index in [-0.39, 0.29) is 11.3 Å². The molecule has 0 bridgehead atoms. The zero-order valence-electron chi connectivity index (χ0n) is 11.1. The molecule has 17 heavy (non-hydrogen) atoms. The van der Waals surface area contributed by atoms with Crippen LogP contribution in [0.4, 0.5) is 5.69 Å². The van der Waals surface area contributed by atoms with Crippen LogP contribution in [0.25, 0.3) is 0 Å². The normalized spacial score (nSPS) is 11.4. The van der Waals surface area contributed by atoms with Gasteiger partial charge in [-0.15, -0.1) is 0 Å². The number of hydrogen-bond acceptors (Lipinski definition) is 1. The standard InChI is InChI=1S/C14H20INO/c1-9-6-7-11(14(3,4)5)13(10(9)2)16-12(17)8-15/h6-7H,8H2,1-5H3,(H,16,17). The van der Waals surface area contributed by atoms with E-state index in [2.05, 4.69) is 74.7 Å². The maximum absolute atomic E-state index is 11.6. The van der Waals surface area contributed by atoms with Crippen molar-refractivity contribution in [3.63, 3.8) is 0 Å². The number of anilines is 1. The van der Waals surface area contributed by atoms with Gasteiger partial charge in [-0.05, 0) is 36.0 Å². The monoisotopic (exact) mass is 345 g/mol. The van der Waals surface area contributed by atoms with E-state index >= 15 is 0 Å². The second kappa shape index (κ2) is 5.38. The molecule has 0 aliphatic carbocycles. The molecule has 0 heterocycles. The van der Waals surface area contributed by atoms with Gasteiger partial charge in [0.15, 0.2) is 0 Å². The van der Waals surface area contributed by atoms with Crippen LogP contribution < -0.4 is 5.32 Å². The van der Waals surface area contributed by atoms with Gasteiger partial charge < -0.3 is 5.32 Å². The number of alkyl halides is 1. The predicted octanol–water partition coefficient (Wildman–Crippen LogP) is 3.97. The number of nitrogens with one attached hydrogen (secondary N) is 1. The molecule has 1 aromatic rings. The highest BCUT2D eigenvalue weighted by atomic mass is 127. The van der Waals surface area contributed by atoms with Gasteiger partial charge in [0.1, 0.15) is 0 Å². The molecule has 2 nitrogen and oxygen atoms in total. The molecule has 0 aliphatic heterocycles. The number of carbonyl (C=O) groups is 1. The first-order valence-corrected chi connectivity index (χ1v) is 7.26. The third-order valence-electron chi connectivity index (χ3n) is 2.93. The quantitative estimate of drug-likeness (QED) is 0.638. The Kier molecular flexibility index (Phi) is 4.58. The van der Waals surface area contributed by atoms with E-state index in [0.717, 1.165) is 11.3 Å². The van der Waals surface area contributed by atoms with Crippen LogP contribution in [0.2, 0.25) is 0 Å². The van der Waals surface area contributed by atoms with Gasteiger partial charge in [-0.2, -0.15) is 0 Å². The lowest BCUT2D eigenvalue weighted by atomic mass is 9.83. The zero-order valence-corrected chi connectivity index (χ0v) is 13.3. The van der Waals surface area contributed by atoms with Gasteiger partial charge in [0, 0.05) is 5.69 Å². The summed E-state index contributed by atoms with van der Waals surface area (Å²) in [5.41, 5.74) is 4.59. The van der Waals surface area contributed by atoms with Crippen molar-refractivity contribution < 1.29 is 4.79 Å². The van der Waals surface area contributed by atoms with Crippen molar-refractivity contribution in [2.75, 3.05) is 9.74 Å². The number of rotatable bonds is 2. The SMILES string of the molecule is Cc1ccc(C(C)(C)C)c(NC(=O)CI)c1C. The van der Waals surface area contributed by atoms with Crippen molar-refractivity contribution in [2.24, 2.45) is 0 Å². The largest absolute Gasteiger partial charge is 0.325 e. The maximum Gasteiger partial charge on any atom is 0.234 e. The van der Waals surface area contributed by atoms with E-state index in [1.807, 2.05) is 0 Å². The van der Waals surface area contributed by atoms with Gasteiger partial charge in [0.2, 0.25) is 5.91 Å². The minimum atomic E-state index is 0.0341. The molecule has 1 N–H and O–H groups in total. The first kappa shape index (κ1) is 14.5. The van der Waals surface area contributed by atoms with Crippen LogP contribution in [-0.4, -0.2) is 10.3 Å². The number of amides is 1. The summed E-state index contributed by atoms with van der Waals surface area (Å²) in [7, 11) is 0. The summed E-state index contributed by atoms with van der Waals surface area (Å²) in [6, 6.07) is 4.24. The van der Waals surface area contributed by atoms with Crippen molar-refractivity contribution in [3.05, 3.63) is 28.8 Å². The Morgan fingerprint density at radius 3 is 2.35 bits per heavy atom. The summed E-state index contributed by atoms with van der Waals surface area (Å²) in [5, 5.41) is 3.03. The Morgan fingerprint density at radius 2 is 1.88 bits per heavy atom. The van der Waals surface area contributed by atoms with Crippen LogP contribution in [-0.2, 0) is 10.2 Å². The molecular formula is C14H20INO. The van der Waals surface area contributed by atoms with E-state index in [1.165, 1.54) is 11.1 Å². The average Bonchev–Trinajstić information content (AvgIpc) is 2.22. The first-order valence-electron chi connectivity index (χ1n) is 5.74. The summed E-state index contributed by atoms with van der Waals surface area (Å²) in [5.74, 6) is 0.0600. The molecule has 0 saturated heterocycles. The predicted molar refractivity (Wildman–Crippen MR) is 82.1 cm³/mol. The molecule has 1 rings (SSSR count). The highest BCUT2D eigenvalue weighted by Gasteiger charge is 2.20. The Balaban J connectivity index is 3.32. The Hall–Kier alpha value is -0.580. The molecule has 94 valence electrons. The van der Waals surface area contributed by atoms with Crippen LogP contribution in [0, 0.1) is 13.8 Å². The number of benzene rings is 1. The molecule has 0 unspecified atom stereocenters. The van der Waals surface area contributed by atoms with E-state index in [1.54, 1.807) is 0 Å². The van der Waals surface area contributed by atoms with Gasteiger partial charge in [-0.25, -0.2) is 0 Å². The van der Waals surface area contributed by atoms with Crippen LogP contribution in [0.15, 0.2) is 12.1 Å². The van der Waals surface area contributed by atoms with Crippen molar-refractivity contribution in [1.82, 2.24) is 0 Å². The number of carbonyl (C=O) groups excluding carboxylic acids is 1. The molecular weight excluding hydrogens is 325 g/mol. The number of aryl methyl sites for hydroxylation is 1. The molecule has 3 heteroatoms. The van der Waals surface area contributed by atoms with Gasteiger partial charge in [0.05, 0.1) is 4.43 Å². The molecule has 1 aromatic carbocycles. The molecule has 1 amide bonds. The minimum absolute atomic E-state index is 0.0341. The maximum atomic E-state index is 11.6. The molecule has 0 saturated carbocycles. The highest BCUT2D eigenvalue weighted by Crippen LogP contribution is 2.33. The summed E-state index contributed by atoms with van der Waals surface area (Å²) < 4.78 is 0.481. The number of hydrogen-bond donors (Lipinski definition) is 1. The van der Waals surface area contributed by atoms with Crippen LogP contribution in [0.3, 0.4) is 0 Å². The van der Waals surface area contributed by atoms with Crippen molar-refractivity contribution in [3.8, 4) is 0 Å². The fourth-order valence-electron chi connectivity index (χ4n) is 1.77. The average molecular weight is 345 g/mol. The second-order valence-electron chi connectivity index (χ2n) is 5.36. The van der Waals surface area contributed by atoms with Crippen LogP contribution >= 0.6 is 22.6 Å². The van der Waals surface area contributed by atoms with Crippen molar-refractivity contribution >= 4 is 34.2 Å². The fraction of sp³-hybridized carbons (Fsp3) is 0.500. The lowest BCUT2D eigenvalue weighted by Crippen LogP contribution is -2.20. The van der Waals surface area contributed by atoms with Gasteiger partial charge in [-0.3, -0.25) is 4.79 Å². The third-order valence-corrected chi connectivity index (χ3v) is 3.62.